The molecule has 1 aliphatic rings. The first-order valence-corrected chi connectivity index (χ1v) is 16.6. The Morgan fingerprint density at radius 3 is 2.06 bits per heavy atom. The summed E-state index contributed by atoms with van der Waals surface area (Å²) in [5, 5.41) is 10.8. The van der Waals surface area contributed by atoms with Gasteiger partial charge < -0.3 is 37.5 Å². The van der Waals surface area contributed by atoms with E-state index in [1.54, 1.807) is 45.0 Å². The minimum absolute atomic E-state index is 0.0749. The zero-order valence-corrected chi connectivity index (χ0v) is 28.7. The topological polar surface area (TPSA) is 232 Å². The lowest BCUT2D eigenvalue weighted by Gasteiger charge is -2.23. The van der Waals surface area contributed by atoms with Crippen molar-refractivity contribution in [1.29, 1.82) is 0 Å². The highest BCUT2D eigenvalue weighted by atomic mass is 16.5. The van der Waals surface area contributed by atoms with Crippen LogP contribution in [-0.2, 0) is 40.1 Å². The Bertz CT molecular complexity index is 1320. The number of nitrogens with one attached hydrogen (secondary N) is 4. The third kappa shape index (κ3) is 15.3. The molecule has 7 amide bonds. The molecule has 0 aromatic heterocycles. The summed E-state index contributed by atoms with van der Waals surface area (Å²) in [6.07, 6.45) is 6.22. The molecule has 1 aromatic rings. The van der Waals surface area contributed by atoms with E-state index in [2.05, 4.69) is 21.3 Å². The molecular weight excluding hydrogens is 634 g/mol. The van der Waals surface area contributed by atoms with Gasteiger partial charge in [-0.2, -0.15) is 0 Å². The van der Waals surface area contributed by atoms with E-state index >= 15 is 0 Å². The highest BCUT2D eigenvalue weighted by Gasteiger charge is 2.27. The fraction of sp³-hybridized carbons (Fsp3) is 0.559. The highest BCUT2D eigenvalue weighted by Crippen LogP contribution is 2.18. The van der Waals surface area contributed by atoms with Gasteiger partial charge in [0.2, 0.25) is 17.7 Å². The van der Waals surface area contributed by atoms with E-state index in [4.69, 9.17) is 16.2 Å². The van der Waals surface area contributed by atoms with Crippen LogP contribution in [0.3, 0.4) is 0 Å². The molecule has 49 heavy (non-hydrogen) atoms. The summed E-state index contributed by atoms with van der Waals surface area (Å²) in [7, 11) is 0. The summed E-state index contributed by atoms with van der Waals surface area (Å²) in [6.45, 7) is 6.22. The van der Waals surface area contributed by atoms with Gasteiger partial charge in [-0.1, -0.05) is 18.6 Å². The van der Waals surface area contributed by atoms with Crippen LogP contribution in [0.15, 0.2) is 36.4 Å². The van der Waals surface area contributed by atoms with Crippen LogP contribution in [0.2, 0.25) is 0 Å². The second-order valence-electron chi connectivity index (χ2n) is 12.9. The number of carbonyl (C=O) groups is 7. The molecule has 0 saturated heterocycles. The van der Waals surface area contributed by atoms with E-state index in [-0.39, 0.29) is 56.2 Å². The molecule has 270 valence electrons. The lowest BCUT2D eigenvalue weighted by atomic mass is 9.97. The number of unbranched alkanes of at least 4 members (excludes halogenated alkanes) is 3. The van der Waals surface area contributed by atoms with E-state index in [0.29, 0.717) is 57.2 Å². The zero-order chi connectivity index (χ0) is 36.4. The molecule has 0 spiro atoms. The molecule has 1 heterocycles. The molecule has 0 radical (unpaired) electrons. The van der Waals surface area contributed by atoms with Gasteiger partial charge in [-0.3, -0.25) is 33.7 Å². The van der Waals surface area contributed by atoms with E-state index in [0.717, 1.165) is 10.5 Å². The lowest BCUT2D eigenvalue weighted by Crippen LogP contribution is -2.52. The molecule has 2 atom stereocenters. The van der Waals surface area contributed by atoms with Crippen molar-refractivity contribution in [3.05, 3.63) is 42.0 Å². The average Bonchev–Trinajstić information content (AvgIpc) is 3.36. The molecule has 15 heteroatoms. The van der Waals surface area contributed by atoms with Gasteiger partial charge in [0.15, 0.2) is 0 Å². The zero-order valence-electron chi connectivity index (χ0n) is 28.7. The molecule has 1 aliphatic heterocycles. The summed E-state index contributed by atoms with van der Waals surface area (Å²) in [4.78, 5) is 87.4. The maximum absolute atomic E-state index is 13.5. The van der Waals surface area contributed by atoms with E-state index in [9.17, 15) is 33.6 Å². The Morgan fingerprint density at radius 1 is 0.816 bits per heavy atom. The predicted octanol–water partition coefficient (Wildman–Crippen LogP) is 1.75. The van der Waals surface area contributed by atoms with Crippen molar-refractivity contribution < 1.29 is 38.3 Å². The first kappa shape index (κ1) is 40.4. The summed E-state index contributed by atoms with van der Waals surface area (Å²) in [6, 6.07) is 4.09. The quantitative estimate of drug-likeness (QED) is 0.0628. The monoisotopic (exact) mass is 685 g/mol. The molecular formula is C34H51N7O8. The number of carbonyl (C=O) groups excluding carboxylic acids is 7. The normalized spacial score (nSPS) is 13.8. The summed E-state index contributed by atoms with van der Waals surface area (Å²) >= 11 is 0. The van der Waals surface area contributed by atoms with Gasteiger partial charge in [0, 0.05) is 37.3 Å². The average molecular weight is 686 g/mol. The Labute approximate surface area is 287 Å². The van der Waals surface area contributed by atoms with Crippen molar-refractivity contribution in [3.63, 3.8) is 0 Å². The number of urea groups is 1. The minimum Gasteiger partial charge on any atom is -0.460 e. The first-order chi connectivity index (χ1) is 23.2. The number of anilines is 1. The number of benzene rings is 1. The largest absolute Gasteiger partial charge is 0.460 e. The number of hydrogen-bond donors (Lipinski definition) is 6. The van der Waals surface area contributed by atoms with Crippen molar-refractivity contribution in [1.82, 2.24) is 20.9 Å². The van der Waals surface area contributed by atoms with E-state index < -0.39 is 35.3 Å². The third-order valence-electron chi connectivity index (χ3n) is 7.59. The molecule has 2 rings (SSSR count). The van der Waals surface area contributed by atoms with Crippen LogP contribution in [0.25, 0.3) is 0 Å². The fourth-order valence-corrected chi connectivity index (χ4v) is 4.75. The van der Waals surface area contributed by atoms with Crippen molar-refractivity contribution in [2.24, 2.45) is 16.9 Å². The van der Waals surface area contributed by atoms with E-state index in [1.807, 2.05) is 0 Å². The second kappa shape index (κ2) is 20.5. The van der Waals surface area contributed by atoms with Gasteiger partial charge >= 0.3 is 12.0 Å². The van der Waals surface area contributed by atoms with Gasteiger partial charge in [-0.25, -0.2) is 4.79 Å². The third-order valence-corrected chi connectivity index (χ3v) is 7.59. The molecule has 8 N–H and O–H groups in total. The van der Waals surface area contributed by atoms with Gasteiger partial charge in [0.25, 0.3) is 11.8 Å². The molecule has 0 unspecified atom stereocenters. The summed E-state index contributed by atoms with van der Waals surface area (Å²) in [5.74, 6) is -2.42. The number of rotatable bonds is 21. The Hall–Kier alpha value is -4.79. The number of hydrogen-bond acceptors (Lipinski definition) is 9. The Kier molecular flexibility index (Phi) is 16.9. The molecule has 0 bridgehead atoms. The van der Waals surface area contributed by atoms with Crippen LogP contribution < -0.4 is 32.7 Å². The number of nitrogens with two attached hydrogens (primary N) is 2. The van der Waals surface area contributed by atoms with Crippen LogP contribution >= 0.6 is 0 Å². The van der Waals surface area contributed by atoms with E-state index in [1.165, 1.54) is 12.2 Å². The van der Waals surface area contributed by atoms with Crippen LogP contribution in [0, 0.1) is 5.41 Å². The molecule has 0 fully saturated rings. The number of nitrogens with zero attached hydrogens (tertiary/aromatic N) is 1. The Balaban J connectivity index is 2.00. The molecule has 0 saturated carbocycles. The standard InChI is InChI=1S/C34H51N7O8/c1-34(2,3)32(47)49-22-23-13-15-24(16-14-23)38-30(45)26(11-9-20-37-33(36)48)40-31(46)25(10-6-7-19-35)39-27(42)12-5-4-8-21-41-28(43)17-18-29(41)44/h13-18,25-26H,4-12,19-22,35H2,1-3H3,(H,38,45)(H,39,42)(H,40,46)(H3,36,37,48)/t25-,26-/m0/s1. The minimum atomic E-state index is -1.01. The van der Waals surface area contributed by atoms with Crippen LogP contribution in [0.1, 0.15) is 84.1 Å². The molecule has 0 aliphatic carbocycles. The SMILES string of the molecule is CC(C)(C)C(=O)OCc1ccc(NC(=O)[C@H](CCCNC(N)=O)NC(=O)[C@H](CCCCN)NC(=O)CCCCCN2C(=O)C=CC2=O)cc1. The van der Waals surface area contributed by atoms with Crippen LogP contribution in [-0.4, -0.2) is 78.2 Å². The van der Waals surface area contributed by atoms with Crippen molar-refractivity contribution >= 4 is 47.2 Å². The molecule has 15 nitrogen and oxygen atoms in total. The van der Waals surface area contributed by atoms with Crippen molar-refractivity contribution in [3.8, 4) is 0 Å². The maximum atomic E-state index is 13.5. The van der Waals surface area contributed by atoms with Crippen molar-refractivity contribution in [2.45, 2.75) is 97.2 Å². The highest BCUT2D eigenvalue weighted by molar-refractivity contribution is 6.12. The predicted molar refractivity (Wildman–Crippen MR) is 182 cm³/mol. The number of primary amides is 1. The smallest absolute Gasteiger partial charge is 0.312 e. The fourth-order valence-electron chi connectivity index (χ4n) is 4.75. The lowest BCUT2D eigenvalue weighted by molar-refractivity contribution is -0.154. The first-order valence-electron chi connectivity index (χ1n) is 16.6. The van der Waals surface area contributed by atoms with Gasteiger partial charge in [0.05, 0.1) is 5.41 Å². The maximum Gasteiger partial charge on any atom is 0.312 e. The van der Waals surface area contributed by atoms with Crippen molar-refractivity contribution in [2.75, 3.05) is 25.0 Å². The molecule has 1 aromatic carbocycles. The van der Waals surface area contributed by atoms with Gasteiger partial charge in [0.1, 0.15) is 18.7 Å². The summed E-state index contributed by atoms with van der Waals surface area (Å²) in [5.41, 5.74) is 11.3. The van der Waals surface area contributed by atoms with Gasteiger partial charge in [-0.15, -0.1) is 0 Å². The Morgan fingerprint density at radius 2 is 1.45 bits per heavy atom. The second-order valence-corrected chi connectivity index (χ2v) is 12.9. The number of esters is 1. The summed E-state index contributed by atoms with van der Waals surface area (Å²) < 4.78 is 5.34. The number of amides is 7. The number of ether oxygens (including phenoxy) is 1. The van der Waals surface area contributed by atoms with Crippen LogP contribution in [0.5, 0.6) is 0 Å². The number of imide groups is 1. The van der Waals surface area contributed by atoms with Crippen LogP contribution in [0.4, 0.5) is 10.5 Å². The van der Waals surface area contributed by atoms with Gasteiger partial charge in [-0.05, 0) is 90.0 Å².